The Bertz CT molecular complexity index is 1240. The first kappa shape index (κ1) is 21.3. The number of benzene rings is 3. The average Bonchev–Trinajstić information content (AvgIpc) is 2.68. The number of carbonyl (C=O) groups is 1. The van der Waals surface area contributed by atoms with Crippen molar-refractivity contribution in [1.29, 1.82) is 0 Å². The number of sulfonamides is 1. The third kappa shape index (κ3) is 4.76. The van der Waals surface area contributed by atoms with Crippen LogP contribution in [0.1, 0.15) is 15.9 Å². The van der Waals surface area contributed by atoms with Gasteiger partial charge < -0.3 is 5.32 Å². The van der Waals surface area contributed by atoms with Crippen molar-refractivity contribution in [2.75, 3.05) is 10.0 Å². The predicted molar refractivity (Wildman–Crippen MR) is 114 cm³/mol. The van der Waals surface area contributed by atoms with Crippen LogP contribution in [0.4, 0.5) is 17.1 Å². The van der Waals surface area contributed by atoms with Crippen LogP contribution >= 0.6 is 11.6 Å². The van der Waals surface area contributed by atoms with Crippen LogP contribution in [0, 0.1) is 17.0 Å². The summed E-state index contributed by atoms with van der Waals surface area (Å²) in [5.41, 5.74) is 0.522. The number of nitro benzene ring substituents is 1. The molecule has 0 saturated carbocycles. The van der Waals surface area contributed by atoms with Gasteiger partial charge in [0.15, 0.2) is 0 Å². The van der Waals surface area contributed by atoms with E-state index in [0.717, 1.165) is 6.07 Å². The maximum atomic E-state index is 12.9. The van der Waals surface area contributed by atoms with Crippen LogP contribution in [-0.4, -0.2) is 19.2 Å². The van der Waals surface area contributed by atoms with Gasteiger partial charge >= 0.3 is 0 Å². The highest BCUT2D eigenvalue weighted by molar-refractivity contribution is 7.92. The Morgan fingerprint density at radius 1 is 1.03 bits per heavy atom. The van der Waals surface area contributed by atoms with Crippen LogP contribution in [0.2, 0.25) is 5.02 Å². The lowest BCUT2D eigenvalue weighted by molar-refractivity contribution is -0.385. The van der Waals surface area contributed by atoms with E-state index in [0.29, 0.717) is 16.3 Å². The molecule has 0 atom stereocenters. The lowest BCUT2D eigenvalue weighted by Gasteiger charge is -2.14. The molecular formula is C20H16ClN3O5S. The predicted octanol–water partition coefficient (Wildman–Crippen LogP) is 4.61. The van der Waals surface area contributed by atoms with Crippen molar-refractivity contribution < 1.29 is 18.1 Å². The van der Waals surface area contributed by atoms with Crippen LogP contribution in [0.5, 0.6) is 0 Å². The molecule has 10 heteroatoms. The van der Waals surface area contributed by atoms with Crippen molar-refractivity contribution in [3.8, 4) is 0 Å². The normalized spacial score (nSPS) is 11.0. The molecule has 0 radical (unpaired) electrons. The molecule has 0 heterocycles. The number of amides is 1. The lowest BCUT2D eigenvalue weighted by Crippen LogP contribution is -2.19. The van der Waals surface area contributed by atoms with E-state index in [1.165, 1.54) is 31.2 Å². The Kier molecular flexibility index (Phi) is 6.04. The van der Waals surface area contributed by atoms with Gasteiger partial charge in [-0.05, 0) is 42.8 Å². The fraction of sp³-hybridized carbons (Fsp3) is 0.0500. The molecule has 0 bridgehead atoms. The van der Waals surface area contributed by atoms with E-state index < -0.39 is 20.9 Å². The highest BCUT2D eigenvalue weighted by atomic mass is 35.5. The van der Waals surface area contributed by atoms with Crippen molar-refractivity contribution >= 4 is 44.6 Å². The van der Waals surface area contributed by atoms with E-state index >= 15 is 0 Å². The second-order valence-corrected chi connectivity index (χ2v) is 8.41. The van der Waals surface area contributed by atoms with Gasteiger partial charge in [-0.25, -0.2) is 8.42 Å². The Hall–Kier alpha value is -3.43. The molecule has 0 aromatic heterocycles. The summed E-state index contributed by atoms with van der Waals surface area (Å²) in [6.45, 7) is 1.52. The van der Waals surface area contributed by atoms with Gasteiger partial charge in [-0.3, -0.25) is 19.6 Å². The smallest absolute Gasteiger partial charge is 0.270 e. The Labute approximate surface area is 177 Å². The summed E-state index contributed by atoms with van der Waals surface area (Å²) >= 11 is 5.92. The van der Waals surface area contributed by atoms with Crippen LogP contribution in [0.15, 0.2) is 71.6 Å². The van der Waals surface area contributed by atoms with Crippen molar-refractivity contribution in [3.63, 3.8) is 0 Å². The number of non-ortho nitro benzene ring substituents is 1. The largest absolute Gasteiger partial charge is 0.322 e. The number of para-hydroxylation sites is 1. The summed E-state index contributed by atoms with van der Waals surface area (Å²) in [6.07, 6.45) is 0. The first-order valence-corrected chi connectivity index (χ1v) is 10.5. The molecule has 0 fully saturated rings. The van der Waals surface area contributed by atoms with Crippen LogP contribution in [0.3, 0.4) is 0 Å². The van der Waals surface area contributed by atoms with E-state index in [1.54, 1.807) is 36.4 Å². The Morgan fingerprint density at radius 3 is 2.47 bits per heavy atom. The quantitative estimate of drug-likeness (QED) is 0.424. The molecule has 1 amide bonds. The van der Waals surface area contributed by atoms with Gasteiger partial charge in [0.1, 0.15) is 0 Å². The highest BCUT2D eigenvalue weighted by Gasteiger charge is 2.23. The summed E-state index contributed by atoms with van der Waals surface area (Å²) in [4.78, 5) is 22.8. The fourth-order valence-corrected chi connectivity index (χ4v) is 4.26. The third-order valence-corrected chi connectivity index (χ3v) is 5.91. The van der Waals surface area contributed by atoms with Crippen LogP contribution in [-0.2, 0) is 10.0 Å². The zero-order valence-electron chi connectivity index (χ0n) is 15.6. The summed E-state index contributed by atoms with van der Waals surface area (Å²) < 4.78 is 28.1. The number of nitrogens with zero attached hydrogens (tertiary/aromatic N) is 1. The number of hydrogen-bond donors (Lipinski definition) is 2. The van der Waals surface area contributed by atoms with Crippen molar-refractivity contribution in [2.45, 2.75) is 11.8 Å². The molecule has 3 rings (SSSR count). The molecule has 2 N–H and O–H groups in total. The Morgan fingerprint density at radius 2 is 1.77 bits per heavy atom. The summed E-state index contributed by atoms with van der Waals surface area (Å²) in [6, 6.07) is 16.1. The summed E-state index contributed by atoms with van der Waals surface area (Å²) in [5, 5.41) is 14.1. The van der Waals surface area contributed by atoms with Crippen LogP contribution in [0.25, 0.3) is 0 Å². The topological polar surface area (TPSA) is 118 Å². The van der Waals surface area contributed by atoms with Gasteiger partial charge in [0.2, 0.25) is 0 Å². The molecule has 154 valence electrons. The molecule has 0 spiro atoms. The standard InChI is InChI=1S/C20H16ClN3O5S/c1-13-9-10-16(24(26)27)12-19(13)30(28,29)23-18-8-3-2-7-17(18)20(25)22-15-6-4-5-14(21)11-15/h2-12,23H,1H3,(H,22,25). The monoisotopic (exact) mass is 445 g/mol. The minimum atomic E-state index is -4.19. The molecule has 3 aromatic rings. The van der Waals surface area contributed by atoms with E-state index in [1.807, 2.05) is 0 Å². The van der Waals surface area contributed by atoms with Gasteiger partial charge in [-0.2, -0.15) is 0 Å². The number of aryl methyl sites for hydroxylation is 1. The number of rotatable bonds is 6. The molecule has 3 aromatic carbocycles. The van der Waals surface area contributed by atoms with Crippen LogP contribution < -0.4 is 10.0 Å². The molecule has 0 unspecified atom stereocenters. The average molecular weight is 446 g/mol. The first-order valence-electron chi connectivity index (χ1n) is 8.61. The molecule has 8 nitrogen and oxygen atoms in total. The first-order chi connectivity index (χ1) is 14.2. The van der Waals surface area contributed by atoms with E-state index in [2.05, 4.69) is 10.0 Å². The molecule has 30 heavy (non-hydrogen) atoms. The minimum Gasteiger partial charge on any atom is -0.322 e. The second-order valence-electron chi connectivity index (χ2n) is 6.32. The van der Waals surface area contributed by atoms with E-state index in [-0.39, 0.29) is 21.8 Å². The van der Waals surface area contributed by atoms with Gasteiger partial charge in [-0.15, -0.1) is 0 Å². The zero-order valence-corrected chi connectivity index (χ0v) is 17.2. The summed E-state index contributed by atoms with van der Waals surface area (Å²) in [5.74, 6) is -0.550. The number of halogens is 1. The van der Waals surface area contributed by atoms with E-state index in [9.17, 15) is 23.3 Å². The van der Waals surface area contributed by atoms with Crippen molar-refractivity contribution in [3.05, 3.63) is 93.0 Å². The van der Waals surface area contributed by atoms with Gasteiger partial charge in [0.05, 0.1) is 21.1 Å². The Balaban J connectivity index is 1.93. The molecule has 0 aliphatic heterocycles. The number of anilines is 2. The van der Waals surface area contributed by atoms with Crippen molar-refractivity contribution in [1.82, 2.24) is 0 Å². The number of carbonyl (C=O) groups excluding carboxylic acids is 1. The molecule has 0 aliphatic carbocycles. The number of hydrogen-bond acceptors (Lipinski definition) is 5. The summed E-state index contributed by atoms with van der Waals surface area (Å²) in [7, 11) is -4.19. The van der Waals surface area contributed by atoms with E-state index in [4.69, 9.17) is 11.6 Å². The lowest BCUT2D eigenvalue weighted by atomic mass is 10.1. The molecule has 0 aliphatic rings. The highest BCUT2D eigenvalue weighted by Crippen LogP contribution is 2.26. The maximum absolute atomic E-state index is 12.9. The minimum absolute atomic E-state index is 0.0305. The molecular weight excluding hydrogens is 430 g/mol. The van der Waals surface area contributed by atoms with Crippen molar-refractivity contribution in [2.24, 2.45) is 0 Å². The third-order valence-electron chi connectivity index (χ3n) is 4.17. The number of nitro groups is 1. The second kappa shape index (κ2) is 8.52. The van der Waals surface area contributed by atoms with Gasteiger partial charge in [0, 0.05) is 22.8 Å². The fourth-order valence-electron chi connectivity index (χ4n) is 2.73. The molecule has 0 saturated heterocycles. The maximum Gasteiger partial charge on any atom is 0.270 e. The number of nitrogens with one attached hydrogen (secondary N) is 2. The van der Waals surface area contributed by atoms with Gasteiger partial charge in [0.25, 0.3) is 21.6 Å². The zero-order chi connectivity index (χ0) is 21.9. The SMILES string of the molecule is Cc1ccc([N+](=O)[O-])cc1S(=O)(=O)Nc1ccccc1C(=O)Nc1cccc(Cl)c1. The van der Waals surface area contributed by atoms with Gasteiger partial charge in [-0.1, -0.05) is 35.9 Å².